The summed E-state index contributed by atoms with van der Waals surface area (Å²) in [6.45, 7) is 4.71. The standard InChI is InChI=1S/C26H25ClN2O2S/c1-17-10-12-19(13-11-17)15-28-25(30)18(2)24-26(31)29(16-20-6-5-7-21(27)14-20)22-8-3-4-9-23(22)32-24/h3-14,18,24H,15-16H2,1-2H3,(H,28,30)/t18-,24+/m1/s1. The highest BCUT2D eigenvalue weighted by atomic mass is 35.5. The molecule has 0 saturated carbocycles. The third kappa shape index (κ3) is 5.00. The van der Waals surface area contributed by atoms with Gasteiger partial charge in [-0.25, -0.2) is 0 Å². The SMILES string of the molecule is Cc1ccc(CNC(=O)[C@H](C)[C@@H]2Sc3ccccc3N(Cc3cccc(Cl)c3)C2=O)cc1. The van der Waals surface area contributed by atoms with Crippen LogP contribution in [-0.4, -0.2) is 17.1 Å². The van der Waals surface area contributed by atoms with E-state index in [0.717, 1.165) is 21.7 Å². The predicted molar refractivity (Wildman–Crippen MR) is 131 cm³/mol. The Labute approximate surface area is 198 Å². The van der Waals surface area contributed by atoms with Crippen molar-refractivity contribution in [3.8, 4) is 0 Å². The lowest BCUT2D eigenvalue weighted by molar-refractivity contribution is -0.128. The molecule has 0 aliphatic carbocycles. The second kappa shape index (κ2) is 9.80. The van der Waals surface area contributed by atoms with Crippen LogP contribution in [0.4, 0.5) is 5.69 Å². The lowest BCUT2D eigenvalue weighted by Crippen LogP contribution is -2.47. The van der Waals surface area contributed by atoms with Crippen LogP contribution in [0.3, 0.4) is 0 Å². The molecule has 0 fully saturated rings. The summed E-state index contributed by atoms with van der Waals surface area (Å²) in [5.74, 6) is -0.668. The molecular formula is C26H25ClN2O2S. The Morgan fingerprint density at radius 2 is 1.81 bits per heavy atom. The van der Waals surface area contributed by atoms with Gasteiger partial charge >= 0.3 is 0 Å². The van der Waals surface area contributed by atoms with E-state index in [0.29, 0.717) is 18.1 Å². The molecule has 164 valence electrons. The first kappa shape index (κ1) is 22.4. The molecule has 1 aliphatic heterocycles. The number of benzene rings is 3. The van der Waals surface area contributed by atoms with E-state index in [4.69, 9.17) is 11.6 Å². The lowest BCUT2D eigenvalue weighted by Gasteiger charge is -2.35. The second-order valence-corrected chi connectivity index (χ2v) is 9.67. The molecule has 0 aromatic heterocycles. The maximum atomic E-state index is 13.5. The number of amides is 2. The first-order valence-electron chi connectivity index (χ1n) is 10.6. The number of hydrogen-bond donors (Lipinski definition) is 1. The zero-order valence-electron chi connectivity index (χ0n) is 18.0. The number of anilines is 1. The number of nitrogens with one attached hydrogen (secondary N) is 1. The minimum absolute atomic E-state index is 0.0633. The van der Waals surface area contributed by atoms with E-state index < -0.39 is 11.2 Å². The first-order valence-corrected chi connectivity index (χ1v) is 11.8. The van der Waals surface area contributed by atoms with E-state index in [1.165, 1.54) is 17.3 Å². The van der Waals surface area contributed by atoms with Gasteiger partial charge in [0.25, 0.3) is 0 Å². The van der Waals surface area contributed by atoms with Crippen molar-refractivity contribution in [2.75, 3.05) is 4.90 Å². The summed E-state index contributed by atoms with van der Waals surface area (Å²) in [5, 5.41) is 3.13. The molecule has 6 heteroatoms. The smallest absolute Gasteiger partial charge is 0.241 e. The number of thioether (sulfide) groups is 1. The number of nitrogens with zero attached hydrogens (tertiary/aromatic N) is 1. The third-order valence-corrected chi connectivity index (χ3v) is 7.30. The monoisotopic (exact) mass is 464 g/mol. The second-order valence-electron chi connectivity index (χ2n) is 8.05. The van der Waals surface area contributed by atoms with E-state index in [1.54, 1.807) is 4.90 Å². The fraction of sp³-hybridized carbons (Fsp3) is 0.231. The molecule has 0 bridgehead atoms. The topological polar surface area (TPSA) is 49.4 Å². The Morgan fingerprint density at radius 1 is 1.06 bits per heavy atom. The summed E-state index contributed by atoms with van der Waals surface area (Å²) in [6, 6.07) is 23.4. The summed E-state index contributed by atoms with van der Waals surface area (Å²) in [4.78, 5) is 29.2. The lowest BCUT2D eigenvalue weighted by atomic mass is 10.0. The highest BCUT2D eigenvalue weighted by Gasteiger charge is 2.39. The zero-order chi connectivity index (χ0) is 22.7. The van der Waals surface area contributed by atoms with Crippen molar-refractivity contribution in [3.05, 3.63) is 94.5 Å². The number of fused-ring (bicyclic) bond motifs is 1. The number of aryl methyl sites for hydroxylation is 1. The number of carbonyl (C=O) groups is 2. The molecule has 3 aromatic carbocycles. The molecule has 0 spiro atoms. The Bertz CT molecular complexity index is 1130. The van der Waals surface area contributed by atoms with E-state index in [2.05, 4.69) is 5.32 Å². The molecule has 1 aliphatic rings. The average molecular weight is 465 g/mol. The molecule has 4 nitrogen and oxygen atoms in total. The van der Waals surface area contributed by atoms with Gasteiger partial charge < -0.3 is 10.2 Å². The molecule has 0 unspecified atom stereocenters. The van der Waals surface area contributed by atoms with Gasteiger partial charge in [-0.1, -0.05) is 72.6 Å². The van der Waals surface area contributed by atoms with Crippen LogP contribution in [0.2, 0.25) is 5.02 Å². The van der Waals surface area contributed by atoms with Crippen molar-refractivity contribution in [2.45, 2.75) is 37.1 Å². The number of para-hydroxylation sites is 1. The minimum Gasteiger partial charge on any atom is -0.352 e. The van der Waals surface area contributed by atoms with Crippen molar-refractivity contribution >= 4 is 40.9 Å². The van der Waals surface area contributed by atoms with Gasteiger partial charge in [-0.3, -0.25) is 9.59 Å². The van der Waals surface area contributed by atoms with E-state index in [-0.39, 0.29) is 11.8 Å². The van der Waals surface area contributed by atoms with Crippen LogP contribution < -0.4 is 10.2 Å². The van der Waals surface area contributed by atoms with Gasteiger partial charge in [-0.05, 0) is 42.3 Å². The first-order chi connectivity index (χ1) is 15.4. The maximum Gasteiger partial charge on any atom is 0.241 e. The Kier molecular flexibility index (Phi) is 6.87. The van der Waals surface area contributed by atoms with Crippen LogP contribution in [0.25, 0.3) is 0 Å². The van der Waals surface area contributed by atoms with Crippen LogP contribution in [0.15, 0.2) is 77.7 Å². The fourth-order valence-corrected chi connectivity index (χ4v) is 5.23. The normalized spacial score (nSPS) is 16.4. The van der Waals surface area contributed by atoms with Crippen molar-refractivity contribution in [3.63, 3.8) is 0 Å². The van der Waals surface area contributed by atoms with Gasteiger partial charge in [0.05, 0.1) is 18.2 Å². The van der Waals surface area contributed by atoms with Crippen LogP contribution in [0.5, 0.6) is 0 Å². The number of hydrogen-bond acceptors (Lipinski definition) is 3. The van der Waals surface area contributed by atoms with E-state index >= 15 is 0 Å². The highest BCUT2D eigenvalue weighted by molar-refractivity contribution is 8.01. The van der Waals surface area contributed by atoms with Gasteiger partial charge in [-0.2, -0.15) is 0 Å². The molecule has 3 aromatic rings. The molecule has 1 N–H and O–H groups in total. The van der Waals surface area contributed by atoms with Crippen LogP contribution in [0, 0.1) is 12.8 Å². The maximum absolute atomic E-state index is 13.5. The quantitative estimate of drug-likeness (QED) is 0.516. The Hall–Kier alpha value is -2.76. The molecule has 2 amide bonds. The Morgan fingerprint density at radius 3 is 2.56 bits per heavy atom. The van der Waals surface area contributed by atoms with Crippen molar-refractivity contribution in [1.29, 1.82) is 0 Å². The predicted octanol–water partition coefficient (Wildman–Crippen LogP) is 5.61. The third-order valence-electron chi connectivity index (χ3n) is 5.60. The van der Waals surface area contributed by atoms with Gasteiger partial charge in [0.1, 0.15) is 5.25 Å². The van der Waals surface area contributed by atoms with E-state index in [1.807, 2.05) is 86.6 Å². The van der Waals surface area contributed by atoms with Crippen LogP contribution in [-0.2, 0) is 22.7 Å². The average Bonchev–Trinajstić information content (AvgIpc) is 2.79. The highest BCUT2D eigenvalue weighted by Crippen LogP contribution is 2.42. The summed E-state index contributed by atoms with van der Waals surface area (Å²) >= 11 is 7.62. The van der Waals surface area contributed by atoms with Gasteiger partial charge in [-0.15, -0.1) is 11.8 Å². The molecule has 0 saturated heterocycles. The van der Waals surface area contributed by atoms with Gasteiger partial charge in [0, 0.05) is 16.5 Å². The number of carbonyl (C=O) groups excluding carboxylic acids is 2. The Balaban J connectivity index is 1.52. The van der Waals surface area contributed by atoms with Crippen molar-refractivity contribution in [1.82, 2.24) is 5.32 Å². The largest absolute Gasteiger partial charge is 0.352 e. The molecule has 1 heterocycles. The van der Waals surface area contributed by atoms with Crippen molar-refractivity contribution < 1.29 is 9.59 Å². The summed E-state index contributed by atoms with van der Waals surface area (Å²) in [7, 11) is 0. The molecule has 4 rings (SSSR count). The van der Waals surface area contributed by atoms with Crippen molar-refractivity contribution in [2.24, 2.45) is 5.92 Å². The van der Waals surface area contributed by atoms with Crippen LogP contribution in [0.1, 0.15) is 23.6 Å². The molecule has 32 heavy (non-hydrogen) atoms. The number of halogens is 1. The van der Waals surface area contributed by atoms with Gasteiger partial charge in [0.15, 0.2) is 0 Å². The summed E-state index contributed by atoms with van der Waals surface area (Å²) in [6.07, 6.45) is 0. The summed E-state index contributed by atoms with van der Waals surface area (Å²) < 4.78 is 0. The minimum atomic E-state index is -0.498. The van der Waals surface area contributed by atoms with E-state index in [9.17, 15) is 9.59 Å². The zero-order valence-corrected chi connectivity index (χ0v) is 19.6. The number of rotatable bonds is 6. The fourth-order valence-electron chi connectivity index (χ4n) is 3.73. The molecule has 2 atom stereocenters. The van der Waals surface area contributed by atoms with Gasteiger partial charge in [0.2, 0.25) is 11.8 Å². The molecule has 0 radical (unpaired) electrons. The molecular weight excluding hydrogens is 440 g/mol. The summed E-state index contributed by atoms with van der Waals surface area (Å²) in [5.41, 5.74) is 4.02. The van der Waals surface area contributed by atoms with Crippen LogP contribution >= 0.6 is 23.4 Å².